The lowest BCUT2D eigenvalue weighted by molar-refractivity contribution is -0.383. The standard InChI is InChI=1S/C19H13F3N2O3/c1-27-15-10-16-13(7-8-23-18(16)17(11-15)24(25)26)6-5-12-3-2-4-14(9-12)19(20,21)22/h2-11H,1H3/b6-5+. The van der Waals surface area contributed by atoms with Crippen LogP contribution in [0.15, 0.2) is 48.7 Å². The molecule has 3 aromatic rings. The lowest BCUT2D eigenvalue weighted by Crippen LogP contribution is -2.04. The second kappa shape index (κ2) is 7.06. The zero-order valence-electron chi connectivity index (χ0n) is 14.0. The summed E-state index contributed by atoms with van der Waals surface area (Å²) in [5, 5.41) is 11.8. The van der Waals surface area contributed by atoms with Crippen LogP contribution in [-0.2, 0) is 6.18 Å². The fourth-order valence-electron chi connectivity index (χ4n) is 2.64. The van der Waals surface area contributed by atoms with E-state index < -0.39 is 16.7 Å². The first-order valence-electron chi connectivity index (χ1n) is 7.76. The number of halogens is 3. The highest BCUT2D eigenvalue weighted by atomic mass is 19.4. The molecule has 27 heavy (non-hydrogen) atoms. The van der Waals surface area contributed by atoms with Gasteiger partial charge < -0.3 is 4.74 Å². The number of pyridine rings is 1. The average molecular weight is 374 g/mol. The Morgan fingerprint density at radius 2 is 1.93 bits per heavy atom. The van der Waals surface area contributed by atoms with Crippen molar-refractivity contribution in [1.82, 2.24) is 4.98 Å². The van der Waals surface area contributed by atoms with Gasteiger partial charge in [0.1, 0.15) is 11.3 Å². The van der Waals surface area contributed by atoms with Crippen molar-refractivity contribution >= 4 is 28.7 Å². The van der Waals surface area contributed by atoms with Gasteiger partial charge in [-0.3, -0.25) is 10.1 Å². The highest BCUT2D eigenvalue weighted by Gasteiger charge is 2.30. The Morgan fingerprint density at radius 3 is 2.59 bits per heavy atom. The molecule has 0 N–H and O–H groups in total. The Morgan fingerprint density at radius 1 is 1.15 bits per heavy atom. The fourth-order valence-corrected chi connectivity index (χ4v) is 2.64. The van der Waals surface area contributed by atoms with Crippen molar-refractivity contribution in [3.05, 3.63) is 75.5 Å². The molecular formula is C19H13F3N2O3. The summed E-state index contributed by atoms with van der Waals surface area (Å²) in [6.45, 7) is 0. The van der Waals surface area contributed by atoms with Gasteiger partial charge in [0.25, 0.3) is 5.69 Å². The van der Waals surface area contributed by atoms with E-state index in [9.17, 15) is 23.3 Å². The minimum Gasteiger partial charge on any atom is -0.496 e. The number of nitrogens with zero attached hydrogens (tertiary/aromatic N) is 2. The highest BCUT2D eigenvalue weighted by molar-refractivity contribution is 5.96. The molecule has 2 aromatic carbocycles. The molecule has 0 saturated carbocycles. The Balaban J connectivity index is 2.09. The number of hydrogen-bond donors (Lipinski definition) is 0. The number of aromatic nitrogens is 1. The molecule has 8 heteroatoms. The van der Waals surface area contributed by atoms with Crippen LogP contribution in [0, 0.1) is 10.1 Å². The molecule has 0 aliphatic carbocycles. The third-order valence-corrected chi connectivity index (χ3v) is 3.93. The quantitative estimate of drug-likeness (QED) is 0.457. The van der Waals surface area contributed by atoms with Crippen LogP contribution in [0.4, 0.5) is 18.9 Å². The van der Waals surface area contributed by atoms with Crippen molar-refractivity contribution in [2.45, 2.75) is 6.18 Å². The second-order valence-corrected chi connectivity index (χ2v) is 5.66. The third-order valence-electron chi connectivity index (χ3n) is 3.93. The number of rotatable bonds is 4. The molecule has 0 fully saturated rings. The number of alkyl halides is 3. The first-order chi connectivity index (χ1) is 12.8. The van der Waals surface area contributed by atoms with Gasteiger partial charge in [-0.2, -0.15) is 13.2 Å². The Kier molecular flexibility index (Phi) is 4.81. The van der Waals surface area contributed by atoms with E-state index in [1.54, 1.807) is 18.2 Å². The minimum absolute atomic E-state index is 0.173. The van der Waals surface area contributed by atoms with Crippen LogP contribution in [0.2, 0.25) is 0 Å². The van der Waals surface area contributed by atoms with E-state index >= 15 is 0 Å². The zero-order valence-corrected chi connectivity index (χ0v) is 14.0. The summed E-state index contributed by atoms with van der Waals surface area (Å²) in [4.78, 5) is 14.8. The van der Waals surface area contributed by atoms with Gasteiger partial charge in [0, 0.05) is 11.6 Å². The number of hydrogen-bond acceptors (Lipinski definition) is 4. The molecule has 5 nitrogen and oxygen atoms in total. The first kappa shape index (κ1) is 18.4. The lowest BCUT2D eigenvalue weighted by atomic mass is 10.0. The van der Waals surface area contributed by atoms with Gasteiger partial charge in [0.05, 0.1) is 23.7 Å². The summed E-state index contributed by atoms with van der Waals surface area (Å²) >= 11 is 0. The molecule has 0 radical (unpaired) electrons. The molecule has 0 aliphatic heterocycles. The number of ether oxygens (including phenoxy) is 1. The van der Waals surface area contributed by atoms with E-state index in [2.05, 4.69) is 4.98 Å². The lowest BCUT2D eigenvalue weighted by Gasteiger charge is -2.07. The molecule has 0 amide bonds. The molecule has 0 atom stereocenters. The predicted octanol–water partition coefficient (Wildman–Crippen LogP) is 5.34. The molecular weight excluding hydrogens is 361 g/mol. The number of methoxy groups -OCH3 is 1. The van der Waals surface area contributed by atoms with E-state index in [0.29, 0.717) is 16.5 Å². The topological polar surface area (TPSA) is 65.3 Å². The van der Waals surface area contributed by atoms with Crippen molar-refractivity contribution < 1.29 is 22.8 Å². The number of non-ortho nitro benzene ring substituents is 1. The van der Waals surface area contributed by atoms with Crippen LogP contribution < -0.4 is 4.74 Å². The van der Waals surface area contributed by atoms with Gasteiger partial charge in [-0.1, -0.05) is 24.3 Å². The van der Waals surface area contributed by atoms with Gasteiger partial charge in [-0.15, -0.1) is 0 Å². The van der Waals surface area contributed by atoms with Crippen LogP contribution in [0.1, 0.15) is 16.7 Å². The van der Waals surface area contributed by atoms with Gasteiger partial charge in [0.2, 0.25) is 0 Å². The molecule has 1 heterocycles. The van der Waals surface area contributed by atoms with Crippen molar-refractivity contribution in [3.63, 3.8) is 0 Å². The molecule has 138 valence electrons. The minimum atomic E-state index is -4.43. The maximum absolute atomic E-state index is 12.8. The van der Waals surface area contributed by atoms with Gasteiger partial charge in [0.15, 0.2) is 0 Å². The van der Waals surface area contributed by atoms with Crippen molar-refractivity contribution in [3.8, 4) is 5.75 Å². The van der Waals surface area contributed by atoms with E-state index in [-0.39, 0.29) is 17.0 Å². The first-order valence-corrected chi connectivity index (χ1v) is 7.76. The third kappa shape index (κ3) is 3.89. The van der Waals surface area contributed by atoms with E-state index in [4.69, 9.17) is 4.74 Å². The molecule has 0 bridgehead atoms. The van der Waals surface area contributed by atoms with Gasteiger partial charge in [-0.05, 0) is 35.4 Å². The fraction of sp³-hybridized carbons (Fsp3) is 0.105. The number of nitro groups is 1. The van der Waals surface area contributed by atoms with Crippen LogP contribution in [0.3, 0.4) is 0 Å². The maximum atomic E-state index is 12.8. The van der Waals surface area contributed by atoms with E-state index in [1.165, 1.54) is 37.6 Å². The molecule has 0 saturated heterocycles. The van der Waals surface area contributed by atoms with E-state index in [0.717, 1.165) is 12.1 Å². The van der Waals surface area contributed by atoms with Crippen LogP contribution in [0.25, 0.3) is 23.1 Å². The Hall–Kier alpha value is -3.42. The zero-order chi connectivity index (χ0) is 19.6. The van der Waals surface area contributed by atoms with Crippen molar-refractivity contribution in [2.24, 2.45) is 0 Å². The van der Waals surface area contributed by atoms with Crippen molar-refractivity contribution in [2.75, 3.05) is 7.11 Å². The summed E-state index contributed by atoms with van der Waals surface area (Å²) in [7, 11) is 1.39. The van der Waals surface area contributed by atoms with Crippen LogP contribution in [-0.4, -0.2) is 17.0 Å². The molecule has 1 aromatic heterocycles. The molecule has 0 unspecified atom stereocenters. The summed E-state index contributed by atoms with van der Waals surface area (Å²) in [5.74, 6) is 0.288. The largest absolute Gasteiger partial charge is 0.496 e. The van der Waals surface area contributed by atoms with Gasteiger partial charge in [-0.25, -0.2) is 4.98 Å². The van der Waals surface area contributed by atoms with Crippen molar-refractivity contribution in [1.29, 1.82) is 0 Å². The Labute approximate surface area is 151 Å². The second-order valence-electron chi connectivity index (χ2n) is 5.66. The summed E-state index contributed by atoms with van der Waals surface area (Å²) < 4.78 is 43.6. The Bertz CT molecular complexity index is 1050. The molecule has 0 spiro atoms. The van der Waals surface area contributed by atoms with Crippen LogP contribution in [0.5, 0.6) is 5.75 Å². The van der Waals surface area contributed by atoms with Crippen LogP contribution >= 0.6 is 0 Å². The highest BCUT2D eigenvalue weighted by Crippen LogP contribution is 2.33. The monoisotopic (exact) mass is 374 g/mol. The predicted molar refractivity (Wildman–Crippen MR) is 95.3 cm³/mol. The maximum Gasteiger partial charge on any atom is 0.416 e. The normalized spacial score (nSPS) is 11.9. The smallest absolute Gasteiger partial charge is 0.416 e. The number of nitro benzene ring substituents is 1. The summed E-state index contributed by atoms with van der Waals surface area (Å²) in [6.07, 6.45) is 0.0762. The molecule has 0 aliphatic rings. The SMILES string of the molecule is COc1cc([N+](=O)[O-])c2nccc(/C=C/c3cccc(C(F)(F)F)c3)c2c1. The van der Waals surface area contributed by atoms with Gasteiger partial charge >= 0.3 is 6.18 Å². The molecule has 3 rings (SSSR count). The number of benzene rings is 2. The average Bonchev–Trinajstić information content (AvgIpc) is 2.64. The summed E-state index contributed by atoms with van der Waals surface area (Å²) in [6, 6.07) is 9.38. The van der Waals surface area contributed by atoms with E-state index in [1.807, 2.05) is 0 Å². The summed E-state index contributed by atoms with van der Waals surface area (Å²) in [5.41, 5.74) is 0.138. The number of fused-ring (bicyclic) bond motifs is 1.